The Balaban J connectivity index is 1.90. The average Bonchev–Trinajstić information content (AvgIpc) is 2.42. The number of nitrogens with two attached hydrogens (primary N) is 1. The van der Waals surface area contributed by atoms with Gasteiger partial charge in [0.1, 0.15) is 5.82 Å². The standard InChI is InChI=1S/C15H18FN3/c16-14-6-5-11(15-13(14)4-1-7-18-15)9-19-8-2-3-12(17)10-19/h1,4-7,12H,2-3,8-10,17H2/t12-/m1/s1. The third-order valence-corrected chi connectivity index (χ3v) is 3.74. The SMILES string of the molecule is N[C@@H]1CCCN(Cc2ccc(F)c3cccnc23)C1. The molecule has 19 heavy (non-hydrogen) atoms. The first-order valence-electron chi connectivity index (χ1n) is 6.74. The van der Waals surface area contributed by atoms with E-state index in [1.54, 1.807) is 18.3 Å². The number of fused-ring (bicyclic) bond motifs is 1. The number of nitrogens with zero attached hydrogens (tertiary/aromatic N) is 2. The maximum Gasteiger partial charge on any atom is 0.132 e. The van der Waals surface area contributed by atoms with E-state index in [2.05, 4.69) is 9.88 Å². The van der Waals surface area contributed by atoms with Crippen LogP contribution >= 0.6 is 0 Å². The van der Waals surface area contributed by atoms with Crippen LogP contribution in [0.5, 0.6) is 0 Å². The van der Waals surface area contributed by atoms with Gasteiger partial charge in [-0.15, -0.1) is 0 Å². The van der Waals surface area contributed by atoms with E-state index >= 15 is 0 Å². The molecule has 1 atom stereocenters. The molecule has 1 aromatic carbocycles. The van der Waals surface area contributed by atoms with E-state index in [4.69, 9.17) is 5.73 Å². The highest BCUT2D eigenvalue weighted by molar-refractivity contribution is 5.82. The number of piperidine rings is 1. The van der Waals surface area contributed by atoms with Crippen LogP contribution in [0.2, 0.25) is 0 Å². The molecule has 1 aliphatic heterocycles. The number of hydrogen-bond donors (Lipinski definition) is 1. The van der Waals surface area contributed by atoms with Crippen molar-refractivity contribution in [3.05, 3.63) is 41.8 Å². The van der Waals surface area contributed by atoms with Gasteiger partial charge >= 0.3 is 0 Å². The molecule has 0 unspecified atom stereocenters. The molecular weight excluding hydrogens is 241 g/mol. The minimum absolute atomic E-state index is 0.206. The summed E-state index contributed by atoms with van der Waals surface area (Å²) in [6.07, 6.45) is 3.94. The molecular formula is C15H18FN3. The molecule has 0 aliphatic carbocycles. The third kappa shape index (κ3) is 2.60. The molecule has 3 rings (SSSR count). The predicted molar refractivity (Wildman–Crippen MR) is 74.2 cm³/mol. The molecule has 2 N–H and O–H groups in total. The molecule has 0 radical (unpaired) electrons. The van der Waals surface area contributed by atoms with Crippen LogP contribution in [0.1, 0.15) is 18.4 Å². The molecule has 0 saturated carbocycles. The molecule has 1 aromatic heterocycles. The van der Waals surface area contributed by atoms with Crippen molar-refractivity contribution in [2.45, 2.75) is 25.4 Å². The Morgan fingerprint density at radius 1 is 1.37 bits per heavy atom. The fourth-order valence-corrected chi connectivity index (χ4v) is 2.80. The Hall–Kier alpha value is -1.52. The van der Waals surface area contributed by atoms with Gasteiger partial charge in [0.2, 0.25) is 0 Å². The lowest BCUT2D eigenvalue weighted by Gasteiger charge is -2.30. The first kappa shape index (κ1) is 12.5. The third-order valence-electron chi connectivity index (χ3n) is 3.74. The van der Waals surface area contributed by atoms with Crippen LogP contribution in [0.3, 0.4) is 0 Å². The van der Waals surface area contributed by atoms with Crippen molar-refractivity contribution in [2.75, 3.05) is 13.1 Å². The molecule has 0 spiro atoms. The zero-order valence-corrected chi connectivity index (χ0v) is 10.8. The van der Waals surface area contributed by atoms with E-state index in [-0.39, 0.29) is 11.9 Å². The Morgan fingerprint density at radius 2 is 2.26 bits per heavy atom. The lowest BCUT2D eigenvalue weighted by atomic mass is 10.0. The van der Waals surface area contributed by atoms with Crippen molar-refractivity contribution < 1.29 is 4.39 Å². The smallest absolute Gasteiger partial charge is 0.132 e. The first-order chi connectivity index (χ1) is 9.24. The summed E-state index contributed by atoms with van der Waals surface area (Å²) in [6.45, 7) is 2.76. The van der Waals surface area contributed by atoms with Crippen LogP contribution in [0.4, 0.5) is 4.39 Å². The summed E-state index contributed by atoms with van der Waals surface area (Å²) in [7, 11) is 0. The topological polar surface area (TPSA) is 42.1 Å². The number of benzene rings is 1. The number of likely N-dealkylation sites (tertiary alicyclic amines) is 1. The van der Waals surface area contributed by atoms with Crippen molar-refractivity contribution in [1.82, 2.24) is 9.88 Å². The zero-order valence-electron chi connectivity index (χ0n) is 10.8. The highest BCUT2D eigenvalue weighted by Gasteiger charge is 2.18. The van der Waals surface area contributed by atoms with Gasteiger partial charge < -0.3 is 5.73 Å². The molecule has 2 heterocycles. The van der Waals surface area contributed by atoms with E-state index in [0.29, 0.717) is 5.39 Å². The molecule has 1 aliphatic rings. The van der Waals surface area contributed by atoms with Crippen LogP contribution < -0.4 is 5.73 Å². The fraction of sp³-hybridized carbons (Fsp3) is 0.400. The lowest BCUT2D eigenvalue weighted by molar-refractivity contribution is 0.202. The Morgan fingerprint density at radius 3 is 3.11 bits per heavy atom. The van der Waals surface area contributed by atoms with Gasteiger partial charge in [0.25, 0.3) is 0 Å². The molecule has 2 aromatic rings. The van der Waals surface area contributed by atoms with Crippen LogP contribution in [0.15, 0.2) is 30.5 Å². The normalized spacial score (nSPS) is 20.8. The molecule has 3 nitrogen and oxygen atoms in total. The Bertz CT molecular complexity index is 585. The molecule has 1 fully saturated rings. The van der Waals surface area contributed by atoms with Crippen LogP contribution in [0.25, 0.3) is 10.9 Å². The van der Waals surface area contributed by atoms with Crippen LogP contribution in [-0.2, 0) is 6.54 Å². The molecule has 100 valence electrons. The van der Waals surface area contributed by atoms with E-state index < -0.39 is 0 Å². The second-order valence-electron chi connectivity index (χ2n) is 5.24. The van der Waals surface area contributed by atoms with Crippen molar-refractivity contribution >= 4 is 10.9 Å². The largest absolute Gasteiger partial charge is 0.327 e. The van der Waals surface area contributed by atoms with E-state index in [0.717, 1.165) is 43.6 Å². The fourth-order valence-electron chi connectivity index (χ4n) is 2.80. The summed E-state index contributed by atoms with van der Waals surface area (Å²) < 4.78 is 13.7. The maximum atomic E-state index is 13.7. The Kier molecular flexibility index (Phi) is 3.44. The number of rotatable bonds is 2. The number of hydrogen-bond acceptors (Lipinski definition) is 3. The summed E-state index contributed by atoms with van der Waals surface area (Å²) >= 11 is 0. The summed E-state index contributed by atoms with van der Waals surface area (Å²) in [5, 5.41) is 0.598. The minimum atomic E-state index is -0.206. The van der Waals surface area contributed by atoms with Gasteiger partial charge in [-0.3, -0.25) is 9.88 Å². The second kappa shape index (κ2) is 5.23. The van der Waals surface area contributed by atoms with Crippen molar-refractivity contribution in [3.8, 4) is 0 Å². The molecule has 4 heteroatoms. The predicted octanol–water partition coefficient (Wildman–Crippen LogP) is 2.30. The minimum Gasteiger partial charge on any atom is -0.327 e. The van der Waals surface area contributed by atoms with Crippen molar-refractivity contribution in [2.24, 2.45) is 5.73 Å². The first-order valence-corrected chi connectivity index (χ1v) is 6.74. The number of aromatic nitrogens is 1. The summed E-state index contributed by atoms with van der Waals surface area (Å²) in [4.78, 5) is 6.66. The van der Waals surface area contributed by atoms with Gasteiger partial charge in [-0.25, -0.2) is 4.39 Å². The quantitative estimate of drug-likeness (QED) is 0.899. The maximum absolute atomic E-state index is 13.7. The molecule has 1 saturated heterocycles. The summed E-state index contributed by atoms with van der Waals surface area (Å²) in [5.41, 5.74) is 7.84. The van der Waals surface area contributed by atoms with Gasteiger partial charge in [-0.2, -0.15) is 0 Å². The molecule has 0 amide bonds. The highest BCUT2D eigenvalue weighted by atomic mass is 19.1. The summed E-state index contributed by atoms with van der Waals surface area (Å²) in [5.74, 6) is -0.206. The number of halogens is 1. The van der Waals surface area contributed by atoms with Gasteiger partial charge in [-0.05, 0) is 43.1 Å². The van der Waals surface area contributed by atoms with Gasteiger partial charge in [0.05, 0.1) is 5.52 Å². The zero-order chi connectivity index (χ0) is 13.2. The number of pyridine rings is 1. The van der Waals surface area contributed by atoms with Crippen molar-refractivity contribution in [1.29, 1.82) is 0 Å². The lowest BCUT2D eigenvalue weighted by Crippen LogP contribution is -2.42. The highest BCUT2D eigenvalue weighted by Crippen LogP contribution is 2.22. The van der Waals surface area contributed by atoms with Gasteiger partial charge in [-0.1, -0.05) is 6.07 Å². The van der Waals surface area contributed by atoms with E-state index in [1.807, 2.05) is 6.07 Å². The van der Waals surface area contributed by atoms with E-state index in [1.165, 1.54) is 6.07 Å². The van der Waals surface area contributed by atoms with Gasteiger partial charge in [0.15, 0.2) is 0 Å². The van der Waals surface area contributed by atoms with Crippen LogP contribution in [-0.4, -0.2) is 29.0 Å². The van der Waals surface area contributed by atoms with Crippen LogP contribution in [0, 0.1) is 5.82 Å². The second-order valence-corrected chi connectivity index (χ2v) is 5.24. The van der Waals surface area contributed by atoms with E-state index in [9.17, 15) is 4.39 Å². The van der Waals surface area contributed by atoms with Crippen molar-refractivity contribution in [3.63, 3.8) is 0 Å². The average molecular weight is 259 g/mol. The van der Waals surface area contributed by atoms with Gasteiger partial charge in [0, 0.05) is 30.7 Å². The Labute approximate surface area is 112 Å². The monoisotopic (exact) mass is 259 g/mol. The summed E-state index contributed by atoms with van der Waals surface area (Å²) in [6, 6.07) is 7.18. The molecule has 0 bridgehead atoms.